The van der Waals surface area contributed by atoms with Crippen molar-refractivity contribution in [3.05, 3.63) is 12.7 Å². The van der Waals surface area contributed by atoms with Gasteiger partial charge in [0.2, 0.25) is 0 Å². The number of ether oxygens (including phenoxy) is 1. The Morgan fingerprint density at radius 2 is 2.18 bits per heavy atom. The summed E-state index contributed by atoms with van der Waals surface area (Å²) in [4.78, 5) is 0. The maximum Gasteiger partial charge on any atom is 0.119 e. The van der Waals surface area contributed by atoms with Crippen molar-refractivity contribution in [1.29, 1.82) is 0 Å². The minimum Gasteiger partial charge on any atom is -0.389 e. The molecule has 1 atom stereocenters. The van der Waals surface area contributed by atoms with Gasteiger partial charge in [0.05, 0.1) is 19.3 Å². The first-order valence-electron chi connectivity index (χ1n) is 3.32. The number of hydrogen-bond donors (Lipinski definition) is 1. The second kappa shape index (κ2) is 4.05. The lowest BCUT2D eigenvalue weighted by Gasteiger charge is -2.08. The predicted molar refractivity (Wildman–Crippen MR) is 37.9 cm³/mol. The van der Waals surface area contributed by atoms with Crippen LogP contribution >= 0.6 is 0 Å². The van der Waals surface area contributed by atoms with Gasteiger partial charge in [-0.2, -0.15) is 0 Å². The molecule has 0 fully saturated rings. The normalized spacial score (nSPS) is 13.3. The molecule has 0 aliphatic heterocycles. The minimum atomic E-state index is -0.490. The van der Waals surface area contributed by atoms with Crippen molar-refractivity contribution in [2.45, 2.75) is 12.6 Å². The fourth-order valence-corrected chi connectivity index (χ4v) is 0.805. The Balaban J connectivity index is 2.31. The molecule has 1 rings (SSSR count). The summed E-state index contributed by atoms with van der Waals surface area (Å²) in [6, 6.07) is 0. The van der Waals surface area contributed by atoms with Crippen molar-refractivity contribution >= 4 is 0 Å². The highest BCUT2D eigenvalue weighted by molar-refractivity contribution is 4.63. The number of nitrogens with zero attached hydrogens (tertiary/aromatic N) is 3. The van der Waals surface area contributed by atoms with Crippen LogP contribution in [0.4, 0.5) is 0 Å². The number of hydrogen-bond acceptors (Lipinski definition) is 4. The number of aliphatic hydroxyl groups is 1. The maximum absolute atomic E-state index is 9.22. The Hall–Kier alpha value is -0.940. The van der Waals surface area contributed by atoms with Gasteiger partial charge in [0, 0.05) is 7.11 Å². The molecular formula is C6H11N3O2. The Bertz CT molecular complexity index is 188. The van der Waals surface area contributed by atoms with Gasteiger partial charge in [-0.05, 0) is 0 Å². The molecule has 0 aromatic carbocycles. The average Bonchev–Trinajstić information content (AvgIpc) is 2.40. The third-order valence-corrected chi connectivity index (χ3v) is 1.25. The molecule has 0 saturated heterocycles. The van der Waals surface area contributed by atoms with Crippen LogP contribution in [0, 0.1) is 0 Å². The highest BCUT2D eigenvalue weighted by Gasteiger charge is 2.02. The zero-order valence-electron chi connectivity index (χ0n) is 6.34. The fourth-order valence-electron chi connectivity index (χ4n) is 0.805. The molecule has 0 amide bonds. The van der Waals surface area contributed by atoms with Gasteiger partial charge in [0.15, 0.2) is 0 Å². The Morgan fingerprint density at radius 1 is 1.55 bits per heavy atom. The third kappa shape index (κ3) is 2.65. The Labute approximate surface area is 64.6 Å². The molecule has 5 heteroatoms. The van der Waals surface area contributed by atoms with Crippen LogP contribution in [0.5, 0.6) is 0 Å². The second-order valence-electron chi connectivity index (χ2n) is 2.27. The van der Waals surface area contributed by atoms with Gasteiger partial charge in [-0.15, -0.1) is 10.2 Å². The SMILES string of the molecule is COCC(O)Cn1cnnc1. The molecule has 0 radical (unpaired) electrons. The highest BCUT2D eigenvalue weighted by atomic mass is 16.5. The molecule has 11 heavy (non-hydrogen) atoms. The lowest BCUT2D eigenvalue weighted by atomic mass is 10.4. The van der Waals surface area contributed by atoms with Gasteiger partial charge in [0.25, 0.3) is 0 Å². The maximum atomic E-state index is 9.22. The lowest BCUT2D eigenvalue weighted by molar-refractivity contribution is 0.0536. The number of rotatable bonds is 4. The first-order chi connectivity index (χ1) is 5.33. The molecule has 0 aliphatic carbocycles. The van der Waals surface area contributed by atoms with Crippen LogP contribution in [0.2, 0.25) is 0 Å². The molecule has 0 spiro atoms. The molecule has 1 N–H and O–H groups in total. The fraction of sp³-hybridized carbons (Fsp3) is 0.667. The highest BCUT2D eigenvalue weighted by Crippen LogP contribution is 1.90. The summed E-state index contributed by atoms with van der Waals surface area (Å²) in [6.07, 6.45) is 2.62. The molecule has 62 valence electrons. The van der Waals surface area contributed by atoms with Crippen LogP contribution in [-0.4, -0.2) is 39.7 Å². The van der Waals surface area contributed by atoms with Crippen LogP contribution in [0.25, 0.3) is 0 Å². The third-order valence-electron chi connectivity index (χ3n) is 1.25. The molecule has 0 saturated carbocycles. The number of methoxy groups -OCH3 is 1. The van der Waals surface area contributed by atoms with Crippen molar-refractivity contribution in [3.8, 4) is 0 Å². The summed E-state index contributed by atoms with van der Waals surface area (Å²) in [6.45, 7) is 0.805. The average molecular weight is 157 g/mol. The molecule has 0 aliphatic rings. The van der Waals surface area contributed by atoms with Crippen molar-refractivity contribution in [2.75, 3.05) is 13.7 Å². The zero-order chi connectivity index (χ0) is 8.10. The summed E-state index contributed by atoms with van der Waals surface area (Å²) >= 11 is 0. The van der Waals surface area contributed by atoms with Crippen molar-refractivity contribution < 1.29 is 9.84 Å². The Kier molecular flexibility index (Phi) is 3.00. The zero-order valence-corrected chi connectivity index (χ0v) is 6.34. The predicted octanol–water partition coefficient (Wildman–Crippen LogP) is -0.715. The van der Waals surface area contributed by atoms with Crippen molar-refractivity contribution in [1.82, 2.24) is 14.8 Å². The van der Waals surface area contributed by atoms with Crippen LogP contribution in [0.1, 0.15) is 0 Å². The summed E-state index contributed by atoms with van der Waals surface area (Å²) in [5.74, 6) is 0. The van der Waals surface area contributed by atoms with Gasteiger partial charge >= 0.3 is 0 Å². The van der Waals surface area contributed by atoms with E-state index < -0.39 is 6.10 Å². The quantitative estimate of drug-likeness (QED) is 0.627. The van der Waals surface area contributed by atoms with Gasteiger partial charge in [0.1, 0.15) is 12.7 Å². The topological polar surface area (TPSA) is 60.2 Å². The lowest BCUT2D eigenvalue weighted by Crippen LogP contribution is -2.20. The molecule has 1 aromatic heterocycles. The summed E-state index contributed by atoms with van der Waals surface area (Å²) < 4.78 is 6.45. The molecule has 1 unspecified atom stereocenters. The first kappa shape index (κ1) is 8.16. The van der Waals surface area contributed by atoms with Gasteiger partial charge in [-0.1, -0.05) is 0 Å². The van der Waals surface area contributed by atoms with E-state index in [4.69, 9.17) is 4.74 Å². The van der Waals surface area contributed by atoms with Crippen molar-refractivity contribution in [3.63, 3.8) is 0 Å². The van der Waals surface area contributed by atoms with Gasteiger partial charge in [-0.3, -0.25) is 0 Å². The monoisotopic (exact) mass is 157 g/mol. The molecule has 1 aromatic rings. The van der Waals surface area contributed by atoms with E-state index >= 15 is 0 Å². The smallest absolute Gasteiger partial charge is 0.119 e. The van der Waals surface area contributed by atoms with E-state index in [0.29, 0.717) is 13.2 Å². The van der Waals surface area contributed by atoms with Crippen LogP contribution < -0.4 is 0 Å². The van der Waals surface area contributed by atoms with Gasteiger partial charge in [-0.25, -0.2) is 0 Å². The van der Waals surface area contributed by atoms with E-state index in [1.165, 1.54) is 0 Å². The molecule has 5 nitrogen and oxygen atoms in total. The van der Waals surface area contributed by atoms with E-state index in [1.807, 2.05) is 0 Å². The number of aromatic nitrogens is 3. The largest absolute Gasteiger partial charge is 0.389 e. The molecular weight excluding hydrogens is 146 g/mol. The summed E-state index contributed by atoms with van der Waals surface area (Å²) in [5.41, 5.74) is 0. The van der Waals surface area contributed by atoms with E-state index in [0.717, 1.165) is 0 Å². The van der Waals surface area contributed by atoms with Crippen LogP contribution in [-0.2, 0) is 11.3 Å². The number of aliphatic hydroxyl groups excluding tert-OH is 1. The summed E-state index contributed by atoms with van der Waals surface area (Å²) in [5, 5.41) is 16.4. The van der Waals surface area contributed by atoms with Crippen LogP contribution in [0.3, 0.4) is 0 Å². The van der Waals surface area contributed by atoms with E-state index in [-0.39, 0.29) is 0 Å². The van der Waals surface area contributed by atoms with E-state index in [1.54, 1.807) is 24.3 Å². The minimum absolute atomic E-state index is 0.332. The van der Waals surface area contributed by atoms with E-state index in [2.05, 4.69) is 10.2 Å². The first-order valence-corrected chi connectivity index (χ1v) is 3.32. The second-order valence-corrected chi connectivity index (χ2v) is 2.27. The molecule has 0 bridgehead atoms. The summed E-state index contributed by atoms with van der Waals surface area (Å²) in [7, 11) is 1.55. The van der Waals surface area contributed by atoms with Crippen molar-refractivity contribution in [2.24, 2.45) is 0 Å². The van der Waals surface area contributed by atoms with Gasteiger partial charge < -0.3 is 14.4 Å². The Morgan fingerprint density at radius 3 is 2.73 bits per heavy atom. The standard InChI is InChI=1S/C6H11N3O2/c1-11-3-6(10)2-9-4-7-8-5-9/h4-6,10H,2-3H2,1H3. The molecule has 1 heterocycles. The van der Waals surface area contributed by atoms with E-state index in [9.17, 15) is 5.11 Å². The van der Waals surface area contributed by atoms with Crippen LogP contribution in [0.15, 0.2) is 12.7 Å².